The average Bonchev–Trinajstić information content (AvgIpc) is 2.91. The van der Waals surface area contributed by atoms with E-state index in [9.17, 15) is 13.6 Å². The predicted molar refractivity (Wildman–Crippen MR) is 73.4 cm³/mol. The third-order valence-corrected chi connectivity index (χ3v) is 4.10. The lowest BCUT2D eigenvalue weighted by molar-refractivity contribution is 0.152. The molecule has 0 spiro atoms. The van der Waals surface area contributed by atoms with E-state index in [1.165, 1.54) is 6.07 Å². The molecule has 1 saturated carbocycles. The van der Waals surface area contributed by atoms with Crippen molar-refractivity contribution in [3.63, 3.8) is 0 Å². The summed E-state index contributed by atoms with van der Waals surface area (Å²) in [5.41, 5.74) is 5.41. The lowest BCUT2D eigenvalue weighted by Crippen LogP contribution is -2.54. The van der Waals surface area contributed by atoms with Gasteiger partial charge in [-0.15, -0.1) is 0 Å². The highest BCUT2D eigenvalue weighted by Gasteiger charge is 2.39. The molecule has 0 aliphatic heterocycles. The van der Waals surface area contributed by atoms with Crippen LogP contribution in [-0.2, 0) is 0 Å². The van der Waals surface area contributed by atoms with Crippen LogP contribution in [0.5, 0.6) is 0 Å². The van der Waals surface area contributed by atoms with Crippen LogP contribution in [0.1, 0.15) is 25.7 Å². The summed E-state index contributed by atoms with van der Waals surface area (Å²) in [5.74, 6) is -1.47. The minimum Gasteiger partial charge on any atom is -0.328 e. The van der Waals surface area contributed by atoms with E-state index < -0.39 is 17.7 Å². The van der Waals surface area contributed by atoms with Gasteiger partial charge in [-0.05, 0) is 25.0 Å². The van der Waals surface area contributed by atoms with Crippen LogP contribution in [0, 0.1) is 11.6 Å². The quantitative estimate of drug-likeness (QED) is 0.896. The summed E-state index contributed by atoms with van der Waals surface area (Å²) in [5, 5.41) is 2.46. The van der Waals surface area contributed by atoms with Gasteiger partial charge in [0.1, 0.15) is 11.6 Å². The topological polar surface area (TPSA) is 58.4 Å². The van der Waals surface area contributed by atoms with Gasteiger partial charge in [-0.25, -0.2) is 13.6 Å². The first kappa shape index (κ1) is 14.7. The molecule has 0 saturated heterocycles. The zero-order valence-electron chi connectivity index (χ0n) is 11.5. The lowest BCUT2D eigenvalue weighted by atomic mass is 9.96. The molecular formula is C14H19F2N3O. The number of anilines is 1. The number of nitrogens with two attached hydrogens (primary N) is 1. The number of nitrogens with one attached hydrogen (secondary N) is 1. The van der Waals surface area contributed by atoms with Crippen molar-refractivity contribution in [3.8, 4) is 0 Å². The molecule has 0 atom stereocenters. The van der Waals surface area contributed by atoms with E-state index in [0.717, 1.165) is 37.8 Å². The Labute approximate surface area is 116 Å². The molecular weight excluding hydrogens is 264 g/mol. The Morgan fingerprint density at radius 3 is 2.60 bits per heavy atom. The van der Waals surface area contributed by atoms with Crippen LogP contribution in [-0.4, -0.2) is 30.1 Å². The molecule has 4 nitrogen and oxygen atoms in total. The normalized spacial score (nSPS) is 17.0. The lowest BCUT2D eigenvalue weighted by Gasteiger charge is -2.37. The second-order valence-corrected chi connectivity index (χ2v) is 5.25. The first-order valence-corrected chi connectivity index (χ1v) is 6.68. The highest BCUT2D eigenvalue weighted by Crippen LogP contribution is 2.34. The van der Waals surface area contributed by atoms with Crippen LogP contribution < -0.4 is 11.1 Å². The highest BCUT2D eigenvalue weighted by atomic mass is 19.1. The molecule has 1 fully saturated rings. The Kier molecular flexibility index (Phi) is 4.23. The van der Waals surface area contributed by atoms with Crippen molar-refractivity contribution in [2.45, 2.75) is 31.2 Å². The van der Waals surface area contributed by atoms with Gasteiger partial charge < -0.3 is 16.0 Å². The zero-order chi connectivity index (χ0) is 14.8. The van der Waals surface area contributed by atoms with Crippen molar-refractivity contribution in [1.29, 1.82) is 0 Å². The molecule has 2 amide bonds. The van der Waals surface area contributed by atoms with Crippen LogP contribution >= 0.6 is 0 Å². The molecule has 1 aromatic carbocycles. The van der Waals surface area contributed by atoms with E-state index in [1.54, 1.807) is 11.9 Å². The Bertz CT molecular complexity index is 501. The van der Waals surface area contributed by atoms with Gasteiger partial charge in [0.05, 0.1) is 11.2 Å². The number of hydrogen-bond donors (Lipinski definition) is 2. The molecule has 0 aromatic heterocycles. The van der Waals surface area contributed by atoms with E-state index in [-0.39, 0.29) is 11.2 Å². The number of likely N-dealkylation sites (N-methyl/N-ethyl adjacent to an activating group) is 1. The van der Waals surface area contributed by atoms with Gasteiger partial charge in [-0.1, -0.05) is 12.8 Å². The fraction of sp³-hybridized carbons (Fsp3) is 0.500. The van der Waals surface area contributed by atoms with Crippen LogP contribution in [0.25, 0.3) is 0 Å². The van der Waals surface area contributed by atoms with Crippen LogP contribution in [0.3, 0.4) is 0 Å². The SMILES string of the molecule is CN(C(=O)Nc1ccc(F)cc1F)C1(CN)CCCC1. The molecule has 2 rings (SSSR count). The van der Waals surface area contributed by atoms with Gasteiger partial charge in [-0.2, -0.15) is 0 Å². The summed E-state index contributed by atoms with van der Waals surface area (Å²) in [6.07, 6.45) is 3.75. The fourth-order valence-electron chi connectivity index (χ4n) is 2.71. The van der Waals surface area contributed by atoms with Crippen molar-refractivity contribution in [1.82, 2.24) is 4.90 Å². The van der Waals surface area contributed by atoms with Gasteiger partial charge in [0.15, 0.2) is 0 Å². The predicted octanol–water partition coefficient (Wildman–Crippen LogP) is 2.70. The third-order valence-electron chi connectivity index (χ3n) is 4.10. The number of amides is 2. The van der Waals surface area contributed by atoms with Crippen molar-refractivity contribution in [3.05, 3.63) is 29.8 Å². The molecule has 1 aliphatic carbocycles. The number of benzene rings is 1. The largest absolute Gasteiger partial charge is 0.328 e. The summed E-state index contributed by atoms with van der Waals surface area (Å²) < 4.78 is 26.4. The smallest absolute Gasteiger partial charge is 0.322 e. The van der Waals surface area contributed by atoms with Crippen molar-refractivity contribution < 1.29 is 13.6 Å². The monoisotopic (exact) mass is 283 g/mol. The molecule has 20 heavy (non-hydrogen) atoms. The molecule has 0 radical (unpaired) electrons. The molecule has 3 N–H and O–H groups in total. The second kappa shape index (κ2) is 5.75. The summed E-state index contributed by atoms with van der Waals surface area (Å²) >= 11 is 0. The van der Waals surface area contributed by atoms with Crippen LogP contribution in [0.15, 0.2) is 18.2 Å². The minimum atomic E-state index is -0.792. The average molecular weight is 283 g/mol. The maximum absolute atomic E-state index is 13.5. The third kappa shape index (κ3) is 2.75. The summed E-state index contributed by atoms with van der Waals surface area (Å²) in [4.78, 5) is 13.7. The van der Waals surface area contributed by atoms with Gasteiger partial charge in [0.2, 0.25) is 0 Å². The molecule has 0 bridgehead atoms. The van der Waals surface area contributed by atoms with E-state index in [1.807, 2.05) is 0 Å². The summed E-state index contributed by atoms with van der Waals surface area (Å²) in [6, 6.07) is 2.62. The Morgan fingerprint density at radius 1 is 1.40 bits per heavy atom. The van der Waals surface area contributed by atoms with Gasteiger partial charge >= 0.3 is 6.03 Å². The molecule has 1 aromatic rings. The van der Waals surface area contributed by atoms with Gasteiger partial charge in [-0.3, -0.25) is 0 Å². The number of carbonyl (C=O) groups is 1. The zero-order valence-corrected chi connectivity index (χ0v) is 11.5. The molecule has 6 heteroatoms. The van der Waals surface area contributed by atoms with E-state index in [0.29, 0.717) is 6.54 Å². The van der Waals surface area contributed by atoms with E-state index in [4.69, 9.17) is 5.73 Å². The van der Waals surface area contributed by atoms with Crippen molar-refractivity contribution in [2.24, 2.45) is 5.73 Å². The summed E-state index contributed by atoms with van der Waals surface area (Å²) in [6.45, 7) is 0.378. The number of urea groups is 1. The number of nitrogens with zero attached hydrogens (tertiary/aromatic N) is 1. The fourth-order valence-corrected chi connectivity index (χ4v) is 2.71. The van der Waals surface area contributed by atoms with E-state index in [2.05, 4.69) is 5.32 Å². The maximum Gasteiger partial charge on any atom is 0.322 e. The Morgan fingerprint density at radius 2 is 2.05 bits per heavy atom. The Hall–Kier alpha value is -1.69. The van der Waals surface area contributed by atoms with Crippen LogP contribution in [0.4, 0.5) is 19.3 Å². The van der Waals surface area contributed by atoms with Crippen LogP contribution in [0.2, 0.25) is 0 Å². The Balaban J connectivity index is 2.11. The van der Waals surface area contributed by atoms with E-state index >= 15 is 0 Å². The number of hydrogen-bond acceptors (Lipinski definition) is 2. The number of halogens is 2. The molecule has 0 heterocycles. The number of carbonyl (C=O) groups excluding carboxylic acids is 1. The van der Waals surface area contributed by atoms with Gasteiger partial charge in [0, 0.05) is 19.7 Å². The standard InChI is InChI=1S/C14H19F2N3O/c1-19(14(9-17)6-2-3-7-14)13(20)18-12-5-4-10(15)8-11(12)16/h4-5,8H,2-3,6-7,9,17H2,1H3,(H,18,20). The minimum absolute atomic E-state index is 0.0339. The maximum atomic E-state index is 13.5. The molecule has 110 valence electrons. The molecule has 0 unspecified atom stereocenters. The first-order valence-electron chi connectivity index (χ1n) is 6.68. The molecule has 1 aliphatic rings. The van der Waals surface area contributed by atoms with Gasteiger partial charge in [0.25, 0.3) is 0 Å². The first-order chi connectivity index (χ1) is 9.48. The van der Waals surface area contributed by atoms with Crippen molar-refractivity contribution >= 4 is 11.7 Å². The highest BCUT2D eigenvalue weighted by molar-refractivity contribution is 5.89. The summed E-state index contributed by atoms with van der Waals surface area (Å²) in [7, 11) is 1.66. The van der Waals surface area contributed by atoms with Crippen molar-refractivity contribution in [2.75, 3.05) is 18.9 Å². The number of rotatable bonds is 3. The second-order valence-electron chi connectivity index (χ2n) is 5.25.